The molecule has 0 aliphatic carbocycles. The van der Waals surface area contributed by atoms with Crippen molar-refractivity contribution < 1.29 is 14.3 Å². The number of rotatable bonds is 3. The molecule has 0 atom stereocenters. The van der Waals surface area contributed by atoms with Crippen molar-refractivity contribution in [2.24, 2.45) is 0 Å². The summed E-state index contributed by atoms with van der Waals surface area (Å²) in [7, 11) is 0. The Labute approximate surface area is 124 Å². The first kappa shape index (κ1) is 16.7. The zero-order chi connectivity index (χ0) is 16.0. The third-order valence-corrected chi connectivity index (χ3v) is 2.86. The van der Waals surface area contributed by atoms with Gasteiger partial charge in [0.2, 0.25) is 0 Å². The molecule has 2 aromatic rings. The van der Waals surface area contributed by atoms with E-state index in [1.807, 2.05) is 45.9 Å². The Morgan fingerprint density at radius 3 is 2.29 bits per heavy atom. The predicted molar refractivity (Wildman–Crippen MR) is 83.9 cm³/mol. The van der Waals surface area contributed by atoms with Crippen LogP contribution < -0.4 is 5.32 Å². The summed E-state index contributed by atoms with van der Waals surface area (Å²) in [6.45, 7) is 7.89. The number of hydrogen-bond donors (Lipinski definition) is 2. The lowest BCUT2D eigenvalue weighted by Gasteiger charge is -2.12. The highest BCUT2D eigenvalue weighted by Gasteiger charge is 2.11. The summed E-state index contributed by atoms with van der Waals surface area (Å²) in [5.41, 5.74) is 3.14. The van der Waals surface area contributed by atoms with Gasteiger partial charge in [-0.3, -0.25) is 0 Å². The average Bonchev–Trinajstić information content (AvgIpc) is 2.44. The van der Waals surface area contributed by atoms with Gasteiger partial charge >= 0.3 is 5.97 Å². The van der Waals surface area contributed by atoms with Crippen LogP contribution in [0.2, 0.25) is 0 Å². The smallest absolute Gasteiger partial charge is 0.337 e. The van der Waals surface area contributed by atoms with Crippen molar-refractivity contribution in [2.45, 2.75) is 27.7 Å². The molecule has 0 fully saturated rings. The van der Waals surface area contributed by atoms with E-state index < -0.39 is 11.8 Å². The zero-order valence-corrected chi connectivity index (χ0v) is 12.7. The van der Waals surface area contributed by atoms with Gasteiger partial charge in [0, 0.05) is 5.69 Å². The number of carboxylic acids is 1. The molecule has 0 bridgehead atoms. The number of benzene rings is 2. The van der Waals surface area contributed by atoms with Crippen molar-refractivity contribution in [1.82, 2.24) is 0 Å². The summed E-state index contributed by atoms with van der Waals surface area (Å²) in [4.78, 5) is 11.1. The Balaban J connectivity index is 0.00000106. The fraction of sp³-hybridized carbons (Fsp3) is 0.235. The largest absolute Gasteiger partial charge is 0.478 e. The van der Waals surface area contributed by atoms with Gasteiger partial charge in [0.25, 0.3) is 0 Å². The summed E-state index contributed by atoms with van der Waals surface area (Å²) in [5.74, 6) is -1.57. The maximum absolute atomic E-state index is 13.2. The number of nitrogens with one attached hydrogen (secondary N) is 1. The molecule has 0 saturated carbocycles. The molecule has 2 aromatic carbocycles. The van der Waals surface area contributed by atoms with Crippen molar-refractivity contribution in [3.8, 4) is 0 Å². The van der Waals surface area contributed by atoms with E-state index in [1.54, 1.807) is 0 Å². The van der Waals surface area contributed by atoms with Gasteiger partial charge in [-0.25, -0.2) is 9.18 Å². The normalized spacial score (nSPS) is 9.57. The molecule has 4 heteroatoms. The number of aromatic carboxylic acids is 1. The molecule has 0 saturated heterocycles. The van der Waals surface area contributed by atoms with E-state index in [9.17, 15) is 9.18 Å². The second-order valence-electron chi connectivity index (χ2n) is 4.44. The number of carbonyl (C=O) groups is 1. The zero-order valence-electron chi connectivity index (χ0n) is 12.7. The van der Waals surface area contributed by atoms with Crippen molar-refractivity contribution in [1.29, 1.82) is 0 Å². The lowest BCUT2D eigenvalue weighted by atomic mass is 10.1. The van der Waals surface area contributed by atoms with Gasteiger partial charge in [-0.05, 0) is 43.7 Å². The first-order chi connectivity index (χ1) is 9.97. The number of hydrogen-bond acceptors (Lipinski definition) is 2. The Bertz CT molecular complexity index is 639. The van der Waals surface area contributed by atoms with E-state index in [4.69, 9.17) is 5.11 Å². The van der Waals surface area contributed by atoms with Gasteiger partial charge in [0.15, 0.2) is 0 Å². The minimum atomic E-state index is -1.09. The average molecular weight is 289 g/mol. The molecule has 0 heterocycles. The van der Waals surface area contributed by atoms with Gasteiger partial charge in [-0.2, -0.15) is 0 Å². The summed E-state index contributed by atoms with van der Waals surface area (Å²) in [6, 6.07) is 9.31. The van der Waals surface area contributed by atoms with Gasteiger partial charge < -0.3 is 10.4 Å². The van der Waals surface area contributed by atoms with Crippen molar-refractivity contribution >= 4 is 17.3 Å². The fourth-order valence-electron chi connectivity index (χ4n) is 1.91. The molecule has 0 aromatic heterocycles. The molecule has 0 aliphatic rings. The lowest BCUT2D eigenvalue weighted by Crippen LogP contribution is -2.04. The van der Waals surface area contributed by atoms with E-state index in [0.29, 0.717) is 0 Å². The third kappa shape index (κ3) is 4.31. The maximum Gasteiger partial charge on any atom is 0.337 e. The second kappa shape index (κ2) is 7.43. The van der Waals surface area contributed by atoms with E-state index in [1.165, 1.54) is 12.1 Å². The summed E-state index contributed by atoms with van der Waals surface area (Å²) in [5, 5.41) is 12.1. The third-order valence-electron chi connectivity index (χ3n) is 2.86. The van der Waals surface area contributed by atoms with E-state index >= 15 is 0 Å². The molecule has 0 spiro atoms. The number of aryl methyl sites for hydroxylation is 2. The SMILES string of the molecule is CC.Cc1ccc(Nc2cc(F)ccc2C(=O)O)c(C)c1. The van der Waals surface area contributed by atoms with Crippen LogP contribution >= 0.6 is 0 Å². The van der Waals surface area contributed by atoms with Crippen LogP contribution in [0.1, 0.15) is 35.3 Å². The highest BCUT2D eigenvalue weighted by Crippen LogP contribution is 2.25. The Morgan fingerprint density at radius 1 is 1.05 bits per heavy atom. The van der Waals surface area contributed by atoms with Gasteiger partial charge in [-0.1, -0.05) is 31.5 Å². The Hall–Kier alpha value is -2.36. The number of carboxylic acid groups (broad SMARTS) is 1. The maximum atomic E-state index is 13.2. The highest BCUT2D eigenvalue weighted by molar-refractivity contribution is 5.95. The molecule has 0 aliphatic heterocycles. The lowest BCUT2D eigenvalue weighted by molar-refractivity contribution is 0.0698. The molecule has 2 N–H and O–H groups in total. The molecular weight excluding hydrogens is 269 g/mol. The second-order valence-corrected chi connectivity index (χ2v) is 4.44. The summed E-state index contributed by atoms with van der Waals surface area (Å²) < 4.78 is 13.2. The molecule has 3 nitrogen and oxygen atoms in total. The number of anilines is 2. The van der Waals surface area contributed by atoms with E-state index in [-0.39, 0.29) is 11.3 Å². The van der Waals surface area contributed by atoms with E-state index in [0.717, 1.165) is 22.9 Å². The minimum Gasteiger partial charge on any atom is -0.478 e. The van der Waals surface area contributed by atoms with Crippen molar-refractivity contribution in [2.75, 3.05) is 5.32 Å². The molecule has 112 valence electrons. The quantitative estimate of drug-likeness (QED) is 0.844. The van der Waals surface area contributed by atoms with Crippen LogP contribution in [0.4, 0.5) is 15.8 Å². The van der Waals surface area contributed by atoms with Crippen LogP contribution in [-0.4, -0.2) is 11.1 Å². The highest BCUT2D eigenvalue weighted by atomic mass is 19.1. The van der Waals surface area contributed by atoms with Crippen LogP contribution in [0.15, 0.2) is 36.4 Å². The van der Waals surface area contributed by atoms with Crippen LogP contribution in [0, 0.1) is 19.7 Å². The monoisotopic (exact) mass is 289 g/mol. The minimum absolute atomic E-state index is 0.0429. The Morgan fingerprint density at radius 2 is 1.71 bits per heavy atom. The van der Waals surface area contributed by atoms with Crippen molar-refractivity contribution in [3.05, 3.63) is 58.9 Å². The van der Waals surface area contributed by atoms with Gasteiger partial charge in [0.1, 0.15) is 5.82 Å². The van der Waals surface area contributed by atoms with E-state index in [2.05, 4.69) is 5.32 Å². The van der Waals surface area contributed by atoms with Gasteiger partial charge in [0.05, 0.1) is 11.3 Å². The summed E-state index contributed by atoms with van der Waals surface area (Å²) in [6.07, 6.45) is 0. The topological polar surface area (TPSA) is 49.3 Å². The molecule has 21 heavy (non-hydrogen) atoms. The molecule has 2 rings (SSSR count). The molecule has 0 amide bonds. The van der Waals surface area contributed by atoms with Gasteiger partial charge in [-0.15, -0.1) is 0 Å². The fourth-order valence-corrected chi connectivity index (χ4v) is 1.91. The molecule has 0 radical (unpaired) electrons. The predicted octanol–water partition coefficient (Wildman–Crippen LogP) is 4.91. The number of halogens is 1. The van der Waals surface area contributed by atoms with Crippen LogP contribution in [-0.2, 0) is 0 Å². The first-order valence-corrected chi connectivity index (χ1v) is 6.84. The standard InChI is InChI=1S/C15H14FNO2.C2H6/c1-9-3-6-13(10(2)7-9)17-14-8-11(16)4-5-12(14)15(18)19;1-2/h3-8,17H,1-2H3,(H,18,19);1-2H3. The van der Waals surface area contributed by atoms with Crippen LogP contribution in [0.3, 0.4) is 0 Å². The summed E-state index contributed by atoms with van der Waals surface area (Å²) >= 11 is 0. The van der Waals surface area contributed by atoms with Crippen LogP contribution in [0.5, 0.6) is 0 Å². The van der Waals surface area contributed by atoms with Crippen molar-refractivity contribution in [3.63, 3.8) is 0 Å². The van der Waals surface area contributed by atoms with Crippen LogP contribution in [0.25, 0.3) is 0 Å². The molecule has 0 unspecified atom stereocenters. The molecular formula is C17H20FNO2. The first-order valence-electron chi connectivity index (χ1n) is 6.84. The Kier molecular flexibility index (Phi) is 5.91.